The summed E-state index contributed by atoms with van der Waals surface area (Å²) < 4.78 is 2.05. The molecule has 0 aromatic carbocycles. The zero-order valence-corrected chi connectivity index (χ0v) is 12.5. The lowest BCUT2D eigenvalue weighted by atomic mass is 10.0. The maximum Gasteiger partial charge on any atom is 0.138 e. The fraction of sp³-hybridized carbons (Fsp3) is 0.857. The molecule has 0 radical (unpaired) electrons. The van der Waals surface area contributed by atoms with E-state index in [1.807, 2.05) is 11.7 Å². The van der Waals surface area contributed by atoms with E-state index < -0.39 is 0 Å². The molecular weight excluding hydrogens is 224 g/mol. The zero-order chi connectivity index (χ0) is 13.5. The fourth-order valence-electron chi connectivity index (χ4n) is 2.05. The van der Waals surface area contributed by atoms with Crippen LogP contribution >= 0.6 is 0 Å². The van der Waals surface area contributed by atoms with Crippen molar-refractivity contribution >= 4 is 0 Å². The molecule has 4 nitrogen and oxygen atoms in total. The van der Waals surface area contributed by atoms with Crippen LogP contribution in [0.15, 0.2) is 6.33 Å². The van der Waals surface area contributed by atoms with Gasteiger partial charge in [-0.2, -0.15) is 5.10 Å². The molecule has 0 saturated carbocycles. The Morgan fingerprint density at radius 3 is 2.44 bits per heavy atom. The van der Waals surface area contributed by atoms with Gasteiger partial charge in [-0.05, 0) is 31.7 Å². The van der Waals surface area contributed by atoms with Gasteiger partial charge in [0, 0.05) is 19.0 Å². The van der Waals surface area contributed by atoms with Crippen molar-refractivity contribution in [1.82, 2.24) is 20.1 Å². The van der Waals surface area contributed by atoms with Crippen molar-refractivity contribution in [2.45, 2.75) is 59.5 Å². The number of rotatable bonds is 8. The van der Waals surface area contributed by atoms with Crippen molar-refractivity contribution in [3.05, 3.63) is 12.2 Å². The molecule has 18 heavy (non-hydrogen) atoms. The van der Waals surface area contributed by atoms with Gasteiger partial charge in [0.2, 0.25) is 0 Å². The van der Waals surface area contributed by atoms with Gasteiger partial charge in [0.05, 0.1) is 0 Å². The second kappa shape index (κ2) is 7.52. The number of hydrogen-bond donors (Lipinski definition) is 1. The van der Waals surface area contributed by atoms with Crippen LogP contribution in [0.1, 0.15) is 46.4 Å². The summed E-state index contributed by atoms with van der Waals surface area (Å²) in [5.41, 5.74) is 0. The summed E-state index contributed by atoms with van der Waals surface area (Å²) in [6, 6.07) is 0.502. The maximum atomic E-state index is 4.40. The van der Waals surface area contributed by atoms with Crippen molar-refractivity contribution in [2.75, 3.05) is 7.05 Å². The molecule has 0 amide bonds. The van der Waals surface area contributed by atoms with Gasteiger partial charge in [-0.3, -0.25) is 0 Å². The van der Waals surface area contributed by atoms with Crippen molar-refractivity contribution in [3.63, 3.8) is 0 Å². The van der Waals surface area contributed by atoms with E-state index in [1.165, 1.54) is 12.8 Å². The molecule has 1 atom stereocenters. The van der Waals surface area contributed by atoms with Crippen LogP contribution in [0.25, 0.3) is 0 Å². The molecule has 1 unspecified atom stereocenters. The lowest BCUT2D eigenvalue weighted by molar-refractivity contribution is 0.418. The second-order valence-corrected chi connectivity index (χ2v) is 5.91. The molecule has 0 spiro atoms. The normalized spacial score (nSPS) is 13.5. The van der Waals surface area contributed by atoms with Gasteiger partial charge in [0.25, 0.3) is 0 Å². The fourth-order valence-corrected chi connectivity index (χ4v) is 2.05. The van der Waals surface area contributed by atoms with Gasteiger partial charge < -0.3 is 5.32 Å². The Labute approximate surface area is 111 Å². The minimum absolute atomic E-state index is 0.502. The molecule has 0 aliphatic rings. The van der Waals surface area contributed by atoms with E-state index in [-0.39, 0.29) is 0 Å². The predicted octanol–water partition coefficient (Wildman–Crippen LogP) is 2.50. The summed E-state index contributed by atoms with van der Waals surface area (Å²) in [5.74, 6) is 2.47. The van der Waals surface area contributed by atoms with E-state index >= 15 is 0 Å². The Morgan fingerprint density at radius 2 is 1.89 bits per heavy atom. The summed E-state index contributed by atoms with van der Waals surface area (Å²) in [7, 11) is 2.04. The maximum absolute atomic E-state index is 4.40. The van der Waals surface area contributed by atoms with Crippen molar-refractivity contribution in [1.29, 1.82) is 0 Å². The van der Waals surface area contributed by atoms with Gasteiger partial charge in [-0.15, -0.1) is 0 Å². The average molecular weight is 252 g/mol. The number of likely N-dealkylation sites (N-methyl/N-ethyl adjacent to an activating group) is 1. The minimum atomic E-state index is 0.502. The highest BCUT2D eigenvalue weighted by molar-refractivity contribution is 4.90. The Morgan fingerprint density at radius 1 is 1.17 bits per heavy atom. The Hall–Kier alpha value is -0.900. The zero-order valence-electron chi connectivity index (χ0n) is 12.5. The van der Waals surface area contributed by atoms with Crippen LogP contribution < -0.4 is 5.32 Å². The Kier molecular flexibility index (Phi) is 6.33. The molecule has 1 heterocycles. The lowest BCUT2D eigenvalue weighted by Gasteiger charge is -2.17. The molecule has 0 bridgehead atoms. The Bertz CT molecular complexity index is 330. The second-order valence-electron chi connectivity index (χ2n) is 5.91. The summed E-state index contributed by atoms with van der Waals surface area (Å²) in [4.78, 5) is 4.40. The first kappa shape index (κ1) is 15.2. The summed E-state index contributed by atoms with van der Waals surface area (Å²) in [6.45, 7) is 9.91. The number of hydrogen-bond acceptors (Lipinski definition) is 3. The molecule has 104 valence electrons. The van der Waals surface area contributed by atoms with Crippen LogP contribution in [-0.4, -0.2) is 27.9 Å². The van der Waals surface area contributed by atoms with E-state index in [9.17, 15) is 0 Å². The first-order valence-corrected chi connectivity index (χ1v) is 7.06. The van der Waals surface area contributed by atoms with Crippen LogP contribution in [-0.2, 0) is 13.0 Å². The molecule has 0 aliphatic heterocycles. The highest BCUT2D eigenvalue weighted by Gasteiger charge is 2.13. The van der Waals surface area contributed by atoms with Crippen LogP contribution in [0.2, 0.25) is 0 Å². The standard InChI is InChI=1S/C14H28N4/c1-11(2)6-7-13(15-5)8-14-16-10-17-18(14)9-12(3)4/h10-13,15H,6-9H2,1-5H3. The summed E-state index contributed by atoms with van der Waals surface area (Å²) in [6.07, 6.45) is 5.09. The van der Waals surface area contributed by atoms with Gasteiger partial charge in [-0.1, -0.05) is 27.7 Å². The average Bonchev–Trinajstić information content (AvgIpc) is 2.70. The van der Waals surface area contributed by atoms with Crippen LogP contribution in [0, 0.1) is 11.8 Å². The molecule has 0 aliphatic carbocycles. The smallest absolute Gasteiger partial charge is 0.138 e. The number of aromatic nitrogens is 3. The largest absolute Gasteiger partial charge is 0.317 e. The van der Waals surface area contributed by atoms with E-state index in [0.29, 0.717) is 12.0 Å². The van der Waals surface area contributed by atoms with E-state index in [4.69, 9.17) is 0 Å². The lowest BCUT2D eigenvalue weighted by Crippen LogP contribution is -2.29. The first-order chi connectivity index (χ1) is 8.52. The highest BCUT2D eigenvalue weighted by Crippen LogP contribution is 2.11. The molecule has 4 heteroatoms. The summed E-state index contributed by atoms with van der Waals surface area (Å²) in [5, 5.41) is 7.71. The monoisotopic (exact) mass is 252 g/mol. The van der Waals surface area contributed by atoms with Gasteiger partial charge in [-0.25, -0.2) is 9.67 Å². The molecule has 1 aromatic rings. The number of nitrogens with zero attached hydrogens (tertiary/aromatic N) is 3. The van der Waals surface area contributed by atoms with Gasteiger partial charge in [0.15, 0.2) is 0 Å². The molecule has 1 rings (SSSR count). The van der Waals surface area contributed by atoms with Gasteiger partial charge >= 0.3 is 0 Å². The van der Waals surface area contributed by atoms with Crippen LogP contribution in [0.4, 0.5) is 0 Å². The molecule has 0 saturated heterocycles. The van der Waals surface area contributed by atoms with Gasteiger partial charge in [0.1, 0.15) is 12.2 Å². The molecule has 0 fully saturated rings. The first-order valence-electron chi connectivity index (χ1n) is 7.06. The van der Waals surface area contributed by atoms with Crippen LogP contribution in [0.3, 0.4) is 0 Å². The van der Waals surface area contributed by atoms with Crippen molar-refractivity contribution < 1.29 is 0 Å². The summed E-state index contributed by atoms with van der Waals surface area (Å²) >= 11 is 0. The third-order valence-corrected chi connectivity index (χ3v) is 3.16. The van der Waals surface area contributed by atoms with Crippen molar-refractivity contribution in [3.8, 4) is 0 Å². The molecule has 1 aromatic heterocycles. The topological polar surface area (TPSA) is 42.7 Å². The number of nitrogens with one attached hydrogen (secondary N) is 1. The minimum Gasteiger partial charge on any atom is -0.317 e. The highest BCUT2D eigenvalue weighted by atomic mass is 15.3. The van der Waals surface area contributed by atoms with Crippen LogP contribution in [0.5, 0.6) is 0 Å². The Balaban J connectivity index is 2.55. The van der Waals surface area contributed by atoms with Crippen molar-refractivity contribution in [2.24, 2.45) is 11.8 Å². The van der Waals surface area contributed by atoms with E-state index in [0.717, 1.165) is 24.7 Å². The third kappa shape index (κ3) is 5.17. The molecule has 1 N–H and O–H groups in total. The quantitative estimate of drug-likeness (QED) is 0.773. The molecular formula is C14H28N4. The van der Waals surface area contributed by atoms with E-state index in [1.54, 1.807) is 6.33 Å². The van der Waals surface area contributed by atoms with E-state index in [2.05, 4.69) is 43.1 Å². The SMILES string of the molecule is CNC(CCC(C)C)Cc1ncnn1CC(C)C. The third-order valence-electron chi connectivity index (χ3n) is 3.16. The predicted molar refractivity (Wildman–Crippen MR) is 75.5 cm³/mol.